The lowest BCUT2D eigenvalue weighted by molar-refractivity contribution is 0.114. The van der Waals surface area contributed by atoms with E-state index in [0.717, 1.165) is 50.0 Å². The Balaban J connectivity index is 2.25. The van der Waals surface area contributed by atoms with Crippen LogP contribution in [0, 0.1) is 12.8 Å². The number of aryl methyl sites for hydroxylation is 1. The van der Waals surface area contributed by atoms with Crippen LogP contribution < -0.4 is 5.32 Å². The lowest BCUT2D eigenvalue weighted by Crippen LogP contribution is -2.13. The fourth-order valence-corrected chi connectivity index (χ4v) is 1.98. The van der Waals surface area contributed by atoms with Gasteiger partial charge in [0.05, 0.1) is 13.2 Å². The van der Waals surface area contributed by atoms with E-state index in [1.54, 1.807) is 0 Å². The summed E-state index contributed by atoms with van der Waals surface area (Å²) in [5.74, 6) is 2.75. The van der Waals surface area contributed by atoms with Crippen LogP contribution in [0.2, 0.25) is 0 Å². The number of rotatable bonds is 10. The van der Waals surface area contributed by atoms with Crippen LogP contribution in [-0.4, -0.2) is 13.2 Å². The molecule has 0 saturated carbocycles. The second kappa shape index (κ2) is 9.16. The summed E-state index contributed by atoms with van der Waals surface area (Å²) < 4.78 is 11.4. The molecule has 1 N–H and O–H groups in total. The molecule has 0 saturated heterocycles. The molecule has 0 atom stereocenters. The van der Waals surface area contributed by atoms with Gasteiger partial charge in [0.25, 0.3) is 0 Å². The Morgan fingerprint density at radius 1 is 1.37 bits per heavy atom. The zero-order valence-electron chi connectivity index (χ0n) is 12.9. The van der Waals surface area contributed by atoms with E-state index >= 15 is 0 Å². The van der Waals surface area contributed by atoms with E-state index in [2.05, 4.69) is 32.2 Å². The summed E-state index contributed by atoms with van der Waals surface area (Å²) in [7, 11) is 0. The molecule has 1 heterocycles. The summed E-state index contributed by atoms with van der Waals surface area (Å²) in [6, 6.07) is 2.11. The molecule has 0 fully saturated rings. The second-order valence-electron chi connectivity index (χ2n) is 5.56. The molecular formula is C16H29NO2. The SMILES string of the molecule is CCCNCc1cc(COCCCC(C)C)c(C)o1. The van der Waals surface area contributed by atoms with Crippen LogP contribution in [0.25, 0.3) is 0 Å². The first-order valence-electron chi connectivity index (χ1n) is 7.50. The van der Waals surface area contributed by atoms with Crippen molar-refractivity contribution in [3.63, 3.8) is 0 Å². The third kappa shape index (κ3) is 6.79. The molecule has 0 aromatic carbocycles. The quantitative estimate of drug-likeness (QED) is 0.650. The third-order valence-corrected chi connectivity index (χ3v) is 3.13. The number of nitrogens with one attached hydrogen (secondary N) is 1. The van der Waals surface area contributed by atoms with Crippen LogP contribution in [0.15, 0.2) is 10.5 Å². The highest BCUT2D eigenvalue weighted by Crippen LogP contribution is 2.16. The maximum Gasteiger partial charge on any atom is 0.118 e. The molecule has 0 unspecified atom stereocenters. The predicted molar refractivity (Wildman–Crippen MR) is 79.2 cm³/mol. The van der Waals surface area contributed by atoms with E-state index in [-0.39, 0.29) is 0 Å². The summed E-state index contributed by atoms with van der Waals surface area (Å²) in [5, 5.41) is 3.35. The number of furan rings is 1. The molecule has 1 aromatic rings. The van der Waals surface area contributed by atoms with Crippen molar-refractivity contribution >= 4 is 0 Å². The first kappa shape index (κ1) is 16.3. The molecule has 3 heteroatoms. The average Bonchev–Trinajstić information content (AvgIpc) is 2.70. The smallest absolute Gasteiger partial charge is 0.118 e. The maximum absolute atomic E-state index is 5.71. The van der Waals surface area contributed by atoms with Gasteiger partial charge in [0.1, 0.15) is 11.5 Å². The van der Waals surface area contributed by atoms with E-state index in [4.69, 9.17) is 9.15 Å². The highest BCUT2D eigenvalue weighted by molar-refractivity contribution is 5.19. The molecule has 0 aliphatic carbocycles. The van der Waals surface area contributed by atoms with Gasteiger partial charge in [-0.05, 0) is 44.7 Å². The largest absolute Gasteiger partial charge is 0.465 e. The Morgan fingerprint density at radius 3 is 2.84 bits per heavy atom. The van der Waals surface area contributed by atoms with Crippen LogP contribution in [0.4, 0.5) is 0 Å². The molecule has 110 valence electrons. The predicted octanol–water partition coefficient (Wildman–Crippen LogP) is 4.04. The highest BCUT2D eigenvalue weighted by Gasteiger charge is 2.07. The van der Waals surface area contributed by atoms with E-state index in [1.165, 1.54) is 12.0 Å². The fraction of sp³-hybridized carbons (Fsp3) is 0.750. The van der Waals surface area contributed by atoms with Gasteiger partial charge >= 0.3 is 0 Å². The zero-order chi connectivity index (χ0) is 14.1. The minimum atomic E-state index is 0.668. The molecule has 0 aliphatic rings. The van der Waals surface area contributed by atoms with Gasteiger partial charge in [-0.3, -0.25) is 0 Å². The molecule has 0 spiro atoms. The lowest BCUT2D eigenvalue weighted by Gasteiger charge is -2.05. The second-order valence-corrected chi connectivity index (χ2v) is 5.56. The van der Waals surface area contributed by atoms with Crippen LogP contribution >= 0.6 is 0 Å². The summed E-state index contributed by atoms with van der Waals surface area (Å²) in [5.41, 5.74) is 1.18. The topological polar surface area (TPSA) is 34.4 Å². The van der Waals surface area contributed by atoms with Crippen LogP contribution in [-0.2, 0) is 17.9 Å². The van der Waals surface area contributed by atoms with Crippen molar-refractivity contribution in [2.75, 3.05) is 13.2 Å². The van der Waals surface area contributed by atoms with Crippen LogP contribution in [0.3, 0.4) is 0 Å². The molecule has 19 heavy (non-hydrogen) atoms. The van der Waals surface area contributed by atoms with E-state index in [0.29, 0.717) is 6.61 Å². The first-order chi connectivity index (χ1) is 9.13. The monoisotopic (exact) mass is 267 g/mol. The Bertz CT molecular complexity index is 345. The standard InChI is InChI=1S/C16H29NO2/c1-5-8-17-11-16-10-15(14(4)19-16)12-18-9-6-7-13(2)3/h10,13,17H,5-9,11-12H2,1-4H3. The van der Waals surface area contributed by atoms with Gasteiger partial charge in [0.15, 0.2) is 0 Å². The molecule has 3 nitrogen and oxygen atoms in total. The van der Waals surface area contributed by atoms with E-state index in [1.807, 2.05) is 6.92 Å². The zero-order valence-corrected chi connectivity index (χ0v) is 12.9. The van der Waals surface area contributed by atoms with Crippen LogP contribution in [0.5, 0.6) is 0 Å². The van der Waals surface area contributed by atoms with E-state index < -0.39 is 0 Å². The molecule has 1 rings (SSSR count). The van der Waals surface area contributed by atoms with Crippen molar-refractivity contribution in [2.24, 2.45) is 5.92 Å². The van der Waals surface area contributed by atoms with Gasteiger partial charge in [-0.25, -0.2) is 0 Å². The normalized spacial score (nSPS) is 11.4. The van der Waals surface area contributed by atoms with Crippen molar-refractivity contribution < 1.29 is 9.15 Å². The minimum absolute atomic E-state index is 0.668. The lowest BCUT2D eigenvalue weighted by atomic mass is 10.1. The van der Waals surface area contributed by atoms with Gasteiger partial charge in [-0.1, -0.05) is 20.8 Å². The number of hydrogen-bond acceptors (Lipinski definition) is 3. The van der Waals surface area contributed by atoms with E-state index in [9.17, 15) is 0 Å². The number of ether oxygens (including phenoxy) is 1. The summed E-state index contributed by atoms with van der Waals surface area (Å²) in [4.78, 5) is 0. The molecule has 0 radical (unpaired) electrons. The third-order valence-electron chi connectivity index (χ3n) is 3.13. The van der Waals surface area contributed by atoms with Gasteiger partial charge in [-0.15, -0.1) is 0 Å². The minimum Gasteiger partial charge on any atom is -0.465 e. The Hall–Kier alpha value is -0.800. The Kier molecular flexibility index (Phi) is 7.84. The van der Waals surface area contributed by atoms with Crippen molar-refractivity contribution in [3.8, 4) is 0 Å². The first-order valence-corrected chi connectivity index (χ1v) is 7.50. The van der Waals surface area contributed by atoms with Crippen molar-refractivity contribution in [2.45, 2.75) is 60.1 Å². The maximum atomic E-state index is 5.71. The molecule has 1 aromatic heterocycles. The van der Waals surface area contributed by atoms with Gasteiger partial charge in [0.2, 0.25) is 0 Å². The average molecular weight is 267 g/mol. The molecule has 0 amide bonds. The Morgan fingerprint density at radius 2 is 2.16 bits per heavy atom. The molecule has 0 aliphatic heterocycles. The molecular weight excluding hydrogens is 238 g/mol. The fourth-order valence-electron chi connectivity index (χ4n) is 1.98. The van der Waals surface area contributed by atoms with Crippen molar-refractivity contribution in [1.82, 2.24) is 5.32 Å². The van der Waals surface area contributed by atoms with Crippen LogP contribution in [0.1, 0.15) is 57.1 Å². The summed E-state index contributed by atoms with van der Waals surface area (Å²) in [6.45, 7) is 12.0. The van der Waals surface area contributed by atoms with Crippen molar-refractivity contribution in [3.05, 3.63) is 23.2 Å². The van der Waals surface area contributed by atoms with Gasteiger partial charge in [0, 0.05) is 12.2 Å². The van der Waals surface area contributed by atoms with Crippen molar-refractivity contribution in [1.29, 1.82) is 0 Å². The summed E-state index contributed by atoms with van der Waals surface area (Å²) in [6.07, 6.45) is 3.52. The highest BCUT2D eigenvalue weighted by atomic mass is 16.5. The van der Waals surface area contributed by atoms with Gasteiger partial charge in [-0.2, -0.15) is 0 Å². The molecule has 0 bridgehead atoms. The summed E-state index contributed by atoms with van der Waals surface area (Å²) >= 11 is 0. The Labute approximate surface area is 117 Å². The number of hydrogen-bond donors (Lipinski definition) is 1. The van der Waals surface area contributed by atoms with Gasteiger partial charge < -0.3 is 14.5 Å².